The molecule has 0 saturated heterocycles. The second-order valence-corrected chi connectivity index (χ2v) is 12.0. The molecule has 4 rings (SSSR count). The second kappa shape index (κ2) is 13.5. The Kier molecular flexibility index (Phi) is 9.99. The number of carbonyl (C=O) groups is 2. The summed E-state index contributed by atoms with van der Waals surface area (Å²) in [4.78, 5) is 49.8. The Morgan fingerprint density at radius 3 is 2.33 bits per heavy atom. The predicted molar refractivity (Wildman–Crippen MR) is 170 cm³/mol. The van der Waals surface area contributed by atoms with Crippen molar-refractivity contribution in [3.05, 3.63) is 80.5 Å². The zero-order chi connectivity index (χ0) is 30.6. The lowest BCUT2D eigenvalue weighted by molar-refractivity contribution is 0.0949. The number of pyridine rings is 2. The monoisotopic (exact) mass is 571 g/mol. The van der Waals surface area contributed by atoms with Crippen LogP contribution in [-0.2, 0) is 6.54 Å². The van der Waals surface area contributed by atoms with Gasteiger partial charge in [-0.3, -0.25) is 19.4 Å². The van der Waals surface area contributed by atoms with E-state index in [-0.39, 0.29) is 23.9 Å². The van der Waals surface area contributed by atoms with Gasteiger partial charge in [-0.2, -0.15) is 0 Å². The van der Waals surface area contributed by atoms with Crippen molar-refractivity contribution >= 4 is 17.9 Å². The van der Waals surface area contributed by atoms with Crippen molar-refractivity contribution in [2.75, 3.05) is 25.5 Å². The van der Waals surface area contributed by atoms with Crippen molar-refractivity contribution in [2.24, 2.45) is 0 Å². The lowest BCUT2D eigenvalue weighted by Crippen LogP contribution is -2.42. The molecule has 0 radical (unpaired) electrons. The van der Waals surface area contributed by atoms with Gasteiger partial charge in [-0.1, -0.05) is 19.9 Å². The van der Waals surface area contributed by atoms with E-state index in [0.717, 1.165) is 72.1 Å². The number of aromatic nitrogens is 2. The van der Waals surface area contributed by atoms with Crippen molar-refractivity contribution in [3.63, 3.8) is 0 Å². The Morgan fingerprint density at radius 1 is 1.07 bits per heavy atom. The molecular weight excluding hydrogens is 526 g/mol. The molecular formula is C34H45N5O3. The van der Waals surface area contributed by atoms with Crippen molar-refractivity contribution in [3.8, 4) is 11.1 Å². The molecule has 0 bridgehead atoms. The maximum Gasteiger partial charge on any atom is 0.253 e. The summed E-state index contributed by atoms with van der Waals surface area (Å²) < 4.78 is 0. The number of aldehydes is 1. The quantitative estimate of drug-likeness (QED) is 0.307. The molecule has 1 aliphatic carbocycles. The van der Waals surface area contributed by atoms with Gasteiger partial charge in [0, 0.05) is 59.4 Å². The molecule has 1 fully saturated rings. The van der Waals surface area contributed by atoms with E-state index in [4.69, 9.17) is 0 Å². The minimum Gasteiger partial charge on any atom is -0.369 e. The van der Waals surface area contributed by atoms with Gasteiger partial charge in [0.2, 0.25) is 0 Å². The third kappa shape index (κ3) is 6.81. The van der Waals surface area contributed by atoms with Gasteiger partial charge in [-0.05, 0) is 107 Å². The number of H-pyrrole nitrogens is 1. The van der Waals surface area contributed by atoms with Crippen LogP contribution in [0.25, 0.3) is 11.1 Å². The van der Waals surface area contributed by atoms with E-state index in [2.05, 4.69) is 66.0 Å². The third-order valence-electron chi connectivity index (χ3n) is 8.71. The minimum atomic E-state index is -0.227. The van der Waals surface area contributed by atoms with Gasteiger partial charge in [-0.15, -0.1) is 0 Å². The summed E-state index contributed by atoms with van der Waals surface area (Å²) in [6.45, 7) is 11.1. The SMILES string of the molecule is CCN(c1cc(-c2ccc(C=O)nc2)cc(C(=O)NCc2c(C(C)C)cc(C)[nH]c2=O)c1C)C1CCC(N(C)C)CC1. The van der Waals surface area contributed by atoms with E-state index >= 15 is 0 Å². The molecule has 1 aromatic carbocycles. The highest BCUT2D eigenvalue weighted by Gasteiger charge is 2.28. The molecule has 2 N–H and O–H groups in total. The molecule has 42 heavy (non-hydrogen) atoms. The average Bonchev–Trinajstić information content (AvgIpc) is 2.97. The molecule has 1 aliphatic rings. The summed E-state index contributed by atoms with van der Waals surface area (Å²) in [6, 6.07) is 10.6. The van der Waals surface area contributed by atoms with Gasteiger partial charge in [0.05, 0.1) is 0 Å². The van der Waals surface area contributed by atoms with Gasteiger partial charge in [0.25, 0.3) is 11.5 Å². The fraction of sp³-hybridized carbons (Fsp3) is 0.471. The van der Waals surface area contributed by atoms with E-state index in [1.807, 2.05) is 32.0 Å². The highest BCUT2D eigenvalue weighted by molar-refractivity contribution is 5.99. The van der Waals surface area contributed by atoms with Crippen LogP contribution < -0.4 is 15.8 Å². The number of aryl methyl sites for hydroxylation is 1. The van der Waals surface area contributed by atoms with Crippen LogP contribution in [0.15, 0.2) is 41.3 Å². The smallest absolute Gasteiger partial charge is 0.253 e. The first-order valence-corrected chi connectivity index (χ1v) is 15.0. The van der Waals surface area contributed by atoms with E-state index < -0.39 is 0 Å². The van der Waals surface area contributed by atoms with Crippen molar-refractivity contribution < 1.29 is 9.59 Å². The summed E-state index contributed by atoms with van der Waals surface area (Å²) in [7, 11) is 4.30. The van der Waals surface area contributed by atoms with E-state index in [1.54, 1.807) is 12.3 Å². The molecule has 224 valence electrons. The molecule has 0 spiro atoms. The van der Waals surface area contributed by atoms with Crippen LogP contribution in [0, 0.1) is 13.8 Å². The van der Waals surface area contributed by atoms with Crippen LogP contribution in [0.1, 0.15) is 95.6 Å². The maximum absolute atomic E-state index is 13.8. The number of nitrogens with zero attached hydrogens (tertiary/aromatic N) is 3. The Morgan fingerprint density at radius 2 is 1.76 bits per heavy atom. The predicted octanol–water partition coefficient (Wildman–Crippen LogP) is 5.62. The van der Waals surface area contributed by atoms with E-state index in [0.29, 0.717) is 28.9 Å². The summed E-state index contributed by atoms with van der Waals surface area (Å²) in [5.41, 5.74) is 6.73. The first-order chi connectivity index (χ1) is 20.0. The molecule has 3 aromatic rings. The standard InChI is InChI=1S/C34H45N5O3/c1-8-39(28-13-11-27(12-14-28)38(6)7)32-17-25(24-9-10-26(20-40)35-18-24)16-30(23(32)5)33(41)36-19-31-29(21(2)3)15-22(4)37-34(31)42/h9-10,15-18,20-21,27-28H,8,11-14,19H2,1-7H3,(H,36,41)(H,37,42). The third-order valence-corrected chi connectivity index (χ3v) is 8.71. The molecule has 2 heterocycles. The first kappa shape index (κ1) is 31.2. The lowest BCUT2D eigenvalue weighted by atomic mass is 9.88. The van der Waals surface area contributed by atoms with E-state index in [9.17, 15) is 14.4 Å². The fourth-order valence-electron chi connectivity index (χ4n) is 6.26. The molecule has 8 nitrogen and oxygen atoms in total. The zero-order valence-electron chi connectivity index (χ0n) is 26.1. The summed E-state index contributed by atoms with van der Waals surface area (Å²) >= 11 is 0. The second-order valence-electron chi connectivity index (χ2n) is 12.0. The van der Waals surface area contributed by atoms with Crippen molar-refractivity contribution in [2.45, 2.75) is 84.8 Å². The Balaban J connectivity index is 1.72. The first-order valence-electron chi connectivity index (χ1n) is 15.0. The van der Waals surface area contributed by atoms with Crippen LogP contribution >= 0.6 is 0 Å². The van der Waals surface area contributed by atoms with Crippen LogP contribution in [0.5, 0.6) is 0 Å². The Bertz CT molecular complexity index is 1470. The zero-order valence-corrected chi connectivity index (χ0v) is 26.1. The van der Waals surface area contributed by atoms with Crippen LogP contribution in [0.3, 0.4) is 0 Å². The number of hydrogen-bond acceptors (Lipinski definition) is 6. The number of carbonyl (C=O) groups excluding carboxylic acids is 2. The largest absolute Gasteiger partial charge is 0.369 e. The van der Waals surface area contributed by atoms with E-state index in [1.165, 1.54) is 0 Å². The number of anilines is 1. The number of amides is 1. The molecule has 0 aliphatic heterocycles. The number of aromatic amines is 1. The van der Waals surface area contributed by atoms with Gasteiger partial charge in [0.15, 0.2) is 6.29 Å². The maximum atomic E-state index is 13.8. The fourth-order valence-corrected chi connectivity index (χ4v) is 6.26. The Labute approximate surface area is 249 Å². The molecule has 1 saturated carbocycles. The highest BCUT2D eigenvalue weighted by Crippen LogP contribution is 2.35. The van der Waals surface area contributed by atoms with Crippen LogP contribution in [-0.4, -0.2) is 59.8 Å². The summed E-state index contributed by atoms with van der Waals surface area (Å²) in [5, 5.41) is 3.05. The average molecular weight is 572 g/mol. The van der Waals surface area contributed by atoms with Gasteiger partial charge >= 0.3 is 0 Å². The molecule has 8 heteroatoms. The molecule has 0 unspecified atom stereocenters. The minimum absolute atomic E-state index is 0.141. The topological polar surface area (TPSA) is 98.4 Å². The number of nitrogens with one attached hydrogen (secondary N) is 2. The van der Waals surface area contributed by atoms with Gasteiger partial charge < -0.3 is 20.1 Å². The van der Waals surface area contributed by atoms with Gasteiger partial charge in [-0.25, -0.2) is 0 Å². The van der Waals surface area contributed by atoms with Crippen molar-refractivity contribution in [1.82, 2.24) is 20.2 Å². The van der Waals surface area contributed by atoms with Gasteiger partial charge in [0.1, 0.15) is 5.69 Å². The number of hydrogen-bond donors (Lipinski definition) is 2. The molecule has 1 amide bonds. The molecule has 0 atom stereocenters. The summed E-state index contributed by atoms with van der Waals surface area (Å²) in [6.07, 6.45) is 6.86. The van der Waals surface area contributed by atoms with Crippen LogP contribution in [0.2, 0.25) is 0 Å². The normalized spacial score (nSPS) is 17.0. The highest BCUT2D eigenvalue weighted by atomic mass is 16.2. The van der Waals surface area contributed by atoms with Crippen molar-refractivity contribution in [1.29, 1.82) is 0 Å². The van der Waals surface area contributed by atoms with Crippen LogP contribution in [0.4, 0.5) is 5.69 Å². The number of benzene rings is 1. The Hall–Kier alpha value is -3.78. The summed E-state index contributed by atoms with van der Waals surface area (Å²) in [5.74, 6) is -0.0766. The molecule has 2 aromatic heterocycles. The number of rotatable bonds is 10. The lowest BCUT2D eigenvalue weighted by Gasteiger charge is -2.40.